The highest BCUT2D eigenvalue weighted by Gasteiger charge is 2.42. The Bertz CT molecular complexity index is 171. The van der Waals surface area contributed by atoms with Crippen molar-refractivity contribution in [1.82, 2.24) is 4.90 Å². The first-order valence-electron chi connectivity index (χ1n) is 3.09. The van der Waals surface area contributed by atoms with Crippen LogP contribution in [0.2, 0.25) is 0 Å². The Morgan fingerprint density at radius 2 is 2.30 bits per heavy atom. The van der Waals surface area contributed by atoms with Gasteiger partial charge in [-0.05, 0) is 7.05 Å². The zero-order valence-electron chi connectivity index (χ0n) is 5.77. The lowest BCUT2D eigenvalue weighted by Gasteiger charge is -2.10. The molecule has 1 atom stereocenters. The minimum atomic E-state index is -2.58. The van der Waals surface area contributed by atoms with Gasteiger partial charge in [-0.15, -0.1) is 6.42 Å². The standard InChI is InChI=1S/C7H9F2N/c1-3-6-4-7(8,9)5-10(6)2/h1,6H,4-5H2,2H3/t6-/m1/s1. The molecule has 1 nitrogen and oxygen atoms in total. The lowest BCUT2D eigenvalue weighted by Crippen LogP contribution is -2.24. The third-order valence-electron chi connectivity index (χ3n) is 1.70. The Morgan fingerprint density at radius 3 is 2.50 bits per heavy atom. The van der Waals surface area contributed by atoms with Crippen molar-refractivity contribution < 1.29 is 8.78 Å². The van der Waals surface area contributed by atoms with Gasteiger partial charge in [0.2, 0.25) is 0 Å². The summed E-state index contributed by atoms with van der Waals surface area (Å²) in [7, 11) is 1.62. The number of rotatable bonds is 0. The van der Waals surface area contributed by atoms with Crippen LogP contribution in [0.25, 0.3) is 0 Å². The maximum Gasteiger partial charge on any atom is 0.263 e. The molecule has 1 fully saturated rings. The van der Waals surface area contributed by atoms with Crippen molar-refractivity contribution in [3.63, 3.8) is 0 Å². The van der Waals surface area contributed by atoms with Crippen molar-refractivity contribution in [2.75, 3.05) is 13.6 Å². The molecule has 10 heavy (non-hydrogen) atoms. The topological polar surface area (TPSA) is 3.24 Å². The highest BCUT2D eigenvalue weighted by atomic mass is 19.3. The van der Waals surface area contributed by atoms with Gasteiger partial charge in [-0.1, -0.05) is 5.92 Å². The summed E-state index contributed by atoms with van der Waals surface area (Å²) in [4.78, 5) is 1.50. The van der Waals surface area contributed by atoms with E-state index in [0.717, 1.165) is 0 Å². The van der Waals surface area contributed by atoms with E-state index in [4.69, 9.17) is 6.42 Å². The zero-order valence-corrected chi connectivity index (χ0v) is 5.77. The fourth-order valence-corrected chi connectivity index (χ4v) is 1.16. The predicted molar refractivity (Wildman–Crippen MR) is 34.8 cm³/mol. The van der Waals surface area contributed by atoms with Crippen molar-refractivity contribution in [1.29, 1.82) is 0 Å². The van der Waals surface area contributed by atoms with Crippen LogP contribution in [0, 0.1) is 12.3 Å². The van der Waals surface area contributed by atoms with E-state index in [1.807, 2.05) is 0 Å². The van der Waals surface area contributed by atoms with E-state index < -0.39 is 5.92 Å². The van der Waals surface area contributed by atoms with Gasteiger partial charge in [0, 0.05) is 6.42 Å². The van der Waals surface area contributed by atoms with Crippen molar-refractivity contribution in [3.05, 3.63) is 0 Å². The molecule has 0 radical (unpaired) electrons. The number of hydrogen-bond acceptors (Lipinski definition) is 1. The van der Waals surface area contributed by atoms with Crippen LogP contribution in [-0.2, 0) is 0 Å². The molecule has 3 heteroatoms. The second-order valence-electron chi connectivity index (χ2n) is 2.66. The molecule has 0 bridgehead atoms. The maximum atomic E-state index is 12.5. The first kappa shape index (κ1) is 7.49. The first-order chi connectivity index (χ1) is 4.55. The summed E-state index contributed by atoms with van der Waals surface area (Å²) in [5, 5.41) is 0. The van der Waals surface area contributed by atoms with Crippen LogP contribution in [0.5, 0.6) is 0 Å². The summed E-state index contributed by atoms with van der Waals surface area (Å²) < 4.78 is 25.0. The molecule has 0 amide bonds. The third-order valence-corrected chi connectivity index (χ3v) is 1.70. The van der Waals surface area contributed by atoms with Crippen molar-refractivity contribution in [3.8, 4) is 12.3 Å². The molecule has 0 spiro atoms. The van der Waals surface area contributed by atoms with Gasteiger partial charge >= 0.3 is 0 Å². The molecule has 0 N–H and O–H groups in total. The minimum Gasteiger partial charge on any atom is -0.287 e. The quantitative estimate of drug-likeness (QED) is 0.459. The van der Waals surface area contributed by atoms with Crippen LogP contribution >= 0.6 is 0 Å². The van der Waals surface area contributed by atoms with Crippen LogP contribution in [0.1, 0.15) is 6.42 Å². The molecule has 1 rings (SSSR count). The number of nitrogens with zero attached hydrogens (tertiary/aromatic N) is 1. The Labute approximate surface area is 59.0 Å². The molecule has 0 aliphatic carbocycles. The fraction of sp³-hybridized carbons (Fsp3) is 0.714. The average Bonchev–Trinajstić information content (AvgIpc) is 2.05. The van der Waals surface area contributed by atoms with Gasteiger partial charge < -0.3 is 0 Å². The summed E-state index contributed by atoms with van der Waals surface area (Å²) in [6.07, 6.45) is 4.83. The highest BCUT2D eigenvalue weighted by Crippen LogP contribution is 2.29. The van der Waals surface area contributed by atoms with Crippen LogP contribution < -0.4 is 0 Å². The van der Waals surface area contributed by atoms with Crippen LogP contribution in [0.3, 0.4) is 0 Å². The summed E-state index contributed by atoms with van der Waals surface area (Å²) in [6, 6.07) is -0.380. The molecule has 1 heterocycles. The summed E-state index contributed by atoms with van der Waals surface area (Å²) >= 11 is 0. The van der Waals surface area contributed by atoms with E-state index >= 15 is 0 Å². The molecule has 1 aliphatic heterocycles. The van der Waals surface area contributed by atoms with E-state index in [1.54, 1.807) is 7.05 Å². The zero-order chi connectivity index (χ0) is 7.78. The van der Waals surface area contributed by atoms with Crippen LogP contribution in [0.4, 0.5) is 8.78 Å². The Balaban J connectivity index is 2.63. The minimum absolute atomic E-state index is 0.194. The molecule has 0 aromatic rings. The van der Waals surface area contributed by atoms with Gasteiger partial charge in [0.25, 0.3) is 5.92 Å². The summed E-state index contributed by atoms with van der Waals surface area (Å²) in [5.74, 6) is -0.262. The lowest BCUT2D eigenvalue weighted by atomic mass is 10.2. The molecule has 1 aliphatic rings. The van der Waals surface area contributed by atoms with E-state index in [9.17, 15) is 8.78 Å². The van der Waals surface area contributed by atoms with E-state index in [2.05, 4.69) is 5.92 Å². The molecule has 0 aromatic heterocycles. The smallest absolute Gasteiger partial charge is 0.263 e. The second-order valence-corrected chi connectivity index (χ2v) is 2.66. The van der Waals surface area contributed by atoms with Crippen molar-refractivity contribution in [2.24, 2.45) is 0 Å². The summed E-state index contributed by atoms with van der Waals surface area (Å²) in [6.45, 7) is -0.206. The number of alkyl halides is 2. The molecule has 0 aromatic carbocycles. The highest BCUT2D eigenvalue weighted by molar-refractivity contribution is 5.06. The molecule has 0 unspecified atom stereocenters. The normalized spacial score (nSPS) is 32.0. The van der Waals surface area contributed by atoms with Crippen molar-refractivity contribution in [2.45, 2.75) is 18.4 Å². The van der Waals surface area contributed by atoms with Crippen molar-refractivity contribution >= 4 is 0 Å². The molecule has 0 saturated carbocycles. The first-order valence-corrected chi connectivity index (χ1v) is 3.09. The number of likely N-dealkylation sites (tertiary alicyclic amines) is 1. The molecular weight excluding hydrogens is 136 g/mol. The van der Waals surface area contributed by atoms with E-state index in [1.165, 1.54) is 4.90 Å². The SMILES string of the molecule is C#C[C@@H]1CC(F)(F)CN1C. The lowest BCUT2D eigenvalue weighted by molar-refractivity contribution is 0.0143. The average molecular weight is 145 g/mol. The predicted octanol–water partition coefficient (Wildman–Crippen LogP) is 0.959. The van der Waals surface area contributed by atoms with Gasteiger partial charge in [-0.25, -0.2) is 8.78 Å². The van der Waals surface area contributed by atoms with E-state index in [-0.39, 0.29) is 19.0 Å². The third kappa shape index (κ3) is 1.27. The Hall–Kier alpha value is -0.620. The van der Waals surface area contributed by atoms with Gasteiger partial charge in [-0.3, -0.25) is 4.90 Å². The van der Waals surface area contributed by atoms with Gasteiger partial charge in [0.05, 0.1) is 12.6 Å². The fourth-order valence-electron chi connectivity index (χ4n) is 1.16. The Kier molecular flexibility index (Phi) is 1.65. The number of hydrogen-bond donors (Lipinski definition) is 0. The number of halogens is 2. The van der Waals surface area contributed by atoms with Crippen LogP contribution in [-0.4, -0.2) is 30.5 Å². The van der Waals surface area contributed by atoms with Gasteiger partial charge in [0.1, 0.15) is 0 Å². The second kappa shape index (κ2) is 2.21. The molecule has 56 valence electrons. The largest absolute Gasteiger partial charge is 0.287 e. The monoisotopic (exact) mass is 145 g/mol. The molecule has 1 saturated heterocycles. The number of terminal acetylenes is 1. The van der Waals surface area contributed by atoms with Gasteiger partial charge in [0.15, 0.2) is 0 Å². The van der Waals surface area contributed by atoms with Crippen LogP contribution in [0.15, 0.2) is 0 Å². The maximum absolute atomic E-state index is 12.5. The summed E-state index contributed by atoms with van der Waals surface area (Å²) in [5.41, 5.74) is 0. The van der Waals surface area contributed by atoms with Gasteiger partial charge in [-0.2, -0.15) is 0 Å². The molecular formula is C7H9F2N. The Morgan fingerprint density at radius 1 is 1.70 bits per heavy atom. The van der Waals surface area contributed by atoms with E-state index in [0.29, 0.717) is 0 Å².